The standard InChI is InChI=1S/C20H23Cl3O4S/c1-3-14(2)13-27-20-18(22)11-17(12-19(20)23)28(24,25)16-7-5-15(6-8-16)26-10-4-9-21/h5-8,11-12,14H,3-4,9-10,13H2,1-2H3/t14-/m0/s1. The quantitative estimate of drug-likeness (QED) is 0.307. The van der Waals surface area contributed by atoms with Gasteiger partial charge in [0.25, 0.3) is 0 Å². The highest BCUT2D eigenvalue weighted by Crippen LogP contribution is 2.37. The van der Waals surface area contributed by atoms with Crippen molar-refractivity contribution in [2.24, 2.45) is 5.92 Å². The van der Waals surface area contributed by atoms with Crippen LogP contribution in [-0.4, -0.2) is 27.5 Å². The molecule has 0 spiro atoms. The van der Waals surface area contributed by atoms with Gasteiger partial charge in [0, 0.05) is 5.88 Å². The maximum atomic E-state index is 12.9. The van der Waals surface area contributed by atoms with Gasteiger partial charge in [0.2, 0.25) is 9.84 Å². The summed E-state index contributed by atoms with van der Waals surface area (Å²) in [5.74, 6) is 1.71. The molecule has 2 rings (SSSR count). The molecule has 0 heterocycles. The summed E-state index contributed by atoms with van der Waals surface area (Å²) in [4.78, 5) is 0.131. The number of halogens is 3. The lowest BCUT2D eigenvalue weighted by molar-refractivity contribution is 0.257. The van der Waals surface area contributed by atoms with Gasteiger partial charge in [-0.25, -0.2) is 8.42 Å². The van der Waals surface area contributed by atoms with Crippen LogP contribution in [0.4, 0.5) is 0 Å². The van der Waals surface area contributed by atoms with Crippen molar-refractivity contribution in [3.05, 3.63) is 46.4 Å². The van der Waals surface area contributed by atoms with Crippen molar-refractivity contribution in [3.63, 3.8) is 0 Å². The molecule has 0 saturated heterocycles. The minimum Gasteiger partial charge on any atom is -0.494 e. The Morgan fingerprint density at radius 2 is 1.61 bits per heavy atom. The maximum absolute atomic E-state index is 12.9. The average Bonchev–Trinajstić information content (AvgIpc) is 2.67. The van der Waals surface area contributed by atoms with E-state index in [1.165, 1.54) is 24.3 Å². The Kier molecular flexibility index (Phi) is 8.75. The van der Waals surface area contributed by atoms with Crippen molar-refractivity contribution in [1.29, 1.82) is 0 Å². The average molecular weight is 466 g/mol. The van der Waals surface area contributed by atoms with E-state index in [4.69, 9.17) is 44.3 Å². The molecule has 0 aromatic heterocycles. The second kappa shape index (κ2) is 10.6. The van der Waals surface area contributed by atoms with Gasteiger partial charge in [-0.05, 0) is 48.7 Å². The van der Waals surface area contributed by atoms with Crippen LogP contribution < -0.4 is 9.47 Å². The van der Waals surface area contributed by atoms with E-state index >= 15 is 0 Å². The van der Waals surface area contributed by atoms with Crippen molar-refractivity contribution in [3.8, 4) is 11.5 Å². The molecule has 0 bridgehead atoms. The van der Waals surface area contributed by atoms with E-state index in [1.807, 2.05) is 6.92 Å². The zero-order valence-electron chi connectivity index (χ0n) is 15.8. The summed E-state index contributed by atoms with van der Waals surface area (Å²) in [6.45, 7) is 5.02. The number of alkyl halides is 1. The second-order valence-corrected chi connectivity index (χ2v) is 9.55. The van der Waals surface area contributed by atoms with Gasteiger partial charge in [-0.2, -0.15) is 0 Å². The van der Waals surface area contributed by atoms with Gasteiger partial charge in [0.1, 0.15) is 5.75 Å². The van der Waals surface area contributed by atoms with Crippen molar-refractivity contribution < 1.29 is 17.9 Å². The normalized spacial score (nSPS) is 12.6. The summed E-state index contributed by atoms with van der Waals surface area (Å²) in [7, 11) is -3.78. The molecule has 0 saturated carbocycles. The summed E-state index contributed by atoms with van der Waals surface area (Å²) in [6, 6.07) is 8.90. The molecule has 154 valence electrons. The molecule has 2 aromatic carbocycles. The predicted octanol–water partition coefficient (Wildman–Crippen LogP) is 6.26. The van der Waals surface area contributed by atoms with Crippen LogP contribution in [0.3, 0.4) is 0 Å². The van der Waals surface area contributed by atoms with Gasteiger partial charge in [-0.3, -0.25) is 0 Å². The van der Waals surface area contributed by atoms with Crippen LogP contribution in [-0.2, 0) is 9.84 Å². The van der Waals surface area contributed by atoms with Crippen LogP contribution in [0, 0.1) is 5.92 Å². The fourth-order valence-corrected chi connectivity index (χ4v) is 4.42. The fourth-order valence-electron chi connectivity index (χ4n) is 2.27. The lowest BCUT2D eigenvalue weighted by Crippen LogP contribution is -2.08. The van der Waals surface area contributed by atoms with E-state index in [-0.39, 0.29) is 19.8 Å². The van der Waals surface area contributed by atoms with Crippen LogP contribution in [0.15, 0.2) is 46.2 Å². The molecule has 0 unspecified atom stereocenters. The van der Waals surface area contributed by atoms with Gasteiger partial charge in [-0.15, -0.1) is 11.6 Å². The third-order valence-corrected chi connectivity index (χ3v) is 6.75. The largest absolute Gasteiger partial charge is 0.494 e. The third-order valence-electron chi connectivity index (χ3n) is 4.17. The third kappa shape index (κ3) is 5.93. The van der Waals surface area contributed by atoms with Gasteiger partial charge in [-0.1, -0.05) is 43.5 Å². The molecule has 0 fully saturated rings. The van der Waals surface area contributed by atoms with Crippen LogP contribution in [0.5, 0.6) is 11.5 Å². The van der Waals surface area contributed by atoms with Gasteiger partial charge in [0.15, 0.2) is 5.75 Å². The minimum atomic E-state index is -3.78. The minimum absolute atomic E-state index is 0.00852. The van der Waals surface area contributed by atoms with Crippen LogP contribution in [0.25, 0.3) is 0 Å². The summed E-state index contributed by atoms with van der Waals surface area (Å²) in [5, 5.41) is 0.325. The number of hydrogen-bond donors (Lipinski definition) is 0. The fraction of sp³-hybridized carbons (Fsp3) is 0.400. The van der Waals surface area contributed by atoms with E-state index < -0.39 is 9.84 Å². The van der Waals surface area contributed by atoms with E-state index in [0.29, 0.717) is 42.9 Å². The van der Waals surface area contributed by atoms with E-state index in [2.05, 4.69) is 6.92 Å². The molecule has 0 aliphatic rings. The predicted molar refractivity (Wildman–Crippen MR) is 114 cm³/mol. The molecule has 2 aromatic rings. The highest BCUT2D eigenvalue weighted by molar-refractivity contribution is 7.91. The van der Waals surface area contributed by atoms with Crippen LogP contribution in [0.2, 0.25) is 10.0 Å². The molecule has 4 nitrogen and oxygen atoms in total. The Hall–Kier alpha value is -1.14. The van der Waals surface area contributed by atoms with Crippen molar-refractivity contribution in [1.82, 2.24) is 0 Å². The Morgan fingerprint density at radius 1 is 1.00 bits per heavy atom. The highest BCUT2D eigenvalue weighted by Gasteiger charge is 2.22. The van der Waals surface area contributed by atoms with E-state index in [1.54, 1.807) is 12.1 Å². The lowest BCUT2D eigenvalue weighted by atomic mass is 10.1. The first kappa shape index (κ1) is 23.1. The first-order valence-corrected chi connectivity index (χ1v) is 11.7. The van der Waals surface area contributed by atoms with E-state index in [9.17, 15) is 8.42 Å². The first-order chi connectivity index (χ1) is 13.3. The van der Waals surface area contributed by atoms with Crippen LogP contribution in [0.1, 0.15) is 26.7 Å². The number of hydrogen-bond acceptors (Lipinski definition) is 4. The Bertz CT molecular complexity index is 860. The van der Waals surface area contributed by atoms with Crippen LogP contribution >= 0.6 is 34.8 Å². The van der Waals surface area contributed by atoms with Gasteiger partial charge in [0.05, 0.1) is 33.0 Å². The zero-order valence-corrected chi connectivity index (χ0v) is 18.8. The summed E-state index contributed by atoms with van der Waals surface area (Å²) in [6.07, 6.45) is 1.66. The molecule has 8 heteroatoms. The molecular weight excluding hydrogens is 443 g/mol. The molecule has 28 heavy (non-hydrogen) atoms. The van der Waals surface area contributed by atoms with Gasteiger partial charge < -0.3 is 9.47 Å². The molecule has 0 aliphatic heterocycles. The number of rotatable bonds is 10. The zero-order chi connectivity index (χ0) is 20.7. The first-order valence-electron chi connectivity index (χ1n) is 8.95. The second-order valence-electron chi connectivity index (χ2n) is 6.41. The number of sulfone groups is 1. The molecule has 1 atom stereocenters. The highest BCUT2D eigenvalue weighted by atomic mass is 35.5. The molecule has 0 N–H and O–H groups in total. The van der Waals surface area contributed by atoms with Crippen molar-refractivity contribution in [2.45, 2.75) is 36.5 Å². The Labute approximate surface area is 181 Å². The Morgan fingerprint density at radius 3 is 2.14 bits per heavy atom. The van der Waals surface area contributed by atoms with Gasteiger partial charge >= 0.3 is 0 Å². The maximum Gasteiger partial charge on any atom is 0.206 e. The summed E-state index contributed by atoms with van der Waals surface area (Å²) < 4.78 is 37.0. The summed E-state index contributed by atoms with van der Waals surface area (Å²) in [5.41, 5.74) is 0. The van der Waals surface area contributed by atoms with Crippen molar-refractivity contribution >= 4 is 44.6 Å². The summed E-state index contributed by atoms with van der Waals surface area (Å²) >= 11 is 18.1. The number of benzene rings is 2. The lowest BCUT2D eigenvalue weighted by Gasteiger charge is -2.15. The SMILES string of the molecule is CC[C@H](C)COc1c(Cl)cc(S(=O)(=O)c2ccc(OCCCCl)cc2)cc1Cl. The topological polar surface area (TPSA) is 52.6 Å². The molecule has 0 aliphatic carbocycles. The Balaban J connectivity index is 2.23. The monoisotopic (exact) mass is 464 g/mol. The van der Waals surface area contributed by atoms with Crippen molar-refractivity contribution in [2.75, 3.05) is 19.1 Å². The number of ether oxygens (including phenoxy) is 2. The molecule has 0 amide bonds. The van der Waals surface area contributed by atoms with E-state index in [0.717, 1.165) is 6.42 Å². The molecule has 0 radical (unpaired) electrons. The molecular formula is C20H23Cl3O4S. The smallest absolute Gasteiger partial charge is 0.206 e.